The Morgan fingerprint density at radius 2 is 2.06 bits per heavy atom. The van der Waals surface area contributed by atoms with Crippen LogP contribution in [0.25, 0.3) is 0 Å². The molecule has 0 aromatic heterocycles. The third kappa shape index (κ3) is 4.14. The van der Waals surface area contributed by atoms with E-state index in [0.29, 0.717) is 0 Å². The average Bonchev–Trinajstić information content (AvgIpc) is 2.26. The van der Waals surface area contributed by atoms with Crippen LogP contribution in [0.5, 0.6) is 0 Å². The number of rotatable bonds is 3. The van der Waals surface area contributed by atoms with Gasteiger partial charge in [0.1, 0.15) is 6.04 Å². The van der Waals surface area contributed by atoms with E-state index >= 15 is 0 Å². The van der Waals surface area contributed by atoms with E-state index in [0.717, 1.165) is 25.7 Å². The number of hydrogen-bond donors (Lipinski definition) is 2. The molecular weight excluding hydrogens is 256 g/mol. The van der Waals surface area contributed by atoms with E-state index in [9.17, 15) is 9.59 Å². The van der Waals surface area contributed by atoms with Crippen molar-refractivity contribution in [3.63, 3.8) is 0 Å². The van der Waals surface area contributed by atoms with Crippen LogP contribution in [0.3, 0.4) is 0 Å². The zero-order valence-electron chi connectivity index (χ0n) is 11.2. The summed E-state index contributed by atoms with van der Waals surface area (Å²) in [5, 5.41) is 2.66. The lowest BCUT2D eigenvalue weighted by Crippen LogP contribution is -2.54. The number of carbonyl (C=O) groups is 2. The SMILES string of the molecule is COC(=O)C(C)NC(=O)C1CCCCC1(C)N.Cl. The van der Waals surface area contributed by atoms with Gasteiger partial charge in [-0.25, -0.2) is 4.79 Å². The Morgan fingerprint density at radius 3 is 2.56 bits per heavy atom. The summed E-state index contributed by atoms with van der Waals surface area (Å²) < 4.78 is 4.57. The Bertz CT molecular complexity index is 308. The van der Waals surface area contributed by atoms with Crippen LogP contribution in [0.15, 0.2) is 0 Å². The summed E-state index contributed by atoms with van der Waals surface area (Å²) in [6.07, 6.45) is 3.70. The number of hydrogen-bond acceptors (Lipinski definition) is 4. The summed E-state index contributed by atoms with van der Waals surface area (Å²) in [4.78, 5) is 23.3. The summed E-state index contributed by atoms with van der Waals surface area (Å²) in [7, 11) is 1.30. The van der Waals surface area contributed by atoms with Crippen LogP contribution in [0.4, 0.5) is 0 Å². The number of halogens is 1. The fourth-order valence-corrected chi connectivity index (χ4v) is 2.34. The number of methoxy groups -OCH3 is 1. The first-order chi connectivity index (χ1) is 7.88. The molecule has 6 heteroatoms. The second-order valence-corrected chi connectivity index (χ2v) is 5.06. The molecule has 0 aromatic carbocycles. The zero-order chi connectivity index (χ0) is 13.1. The van der Waals surface area contributed by atoms with Crippen LogP contribution in [-0.2, 0) is 14.3 Å². The highest BCUT2D eigenvalue weighted by atomic mass is 35.5. The van der Waals surface area contributed by atoms with Crippen molar-refractivity contribution in [3.05, 3.63) is 0 Å². The quantitative estimate of drug-likeness (QED) is 0.755. The van der Waals surface area contributed by atoms with Crippen molar-refractivity contribution < 1.29 is 14.3 Å². The van der Waals surface area contributed by atoms with Gasteiger partial charge < -0.3 is 15.8 Å². The minimum absolute atomic E-state index is 0. The minimum atomic E-state index is -0.620. The number of nitrogens with two attached hydrogens (primary N) is 1. The van der Waals surface area contributed by atoms with Crippen molar-refractivity contribution in [2.75, 3.05) is 7.11 Å². The first-order valence-corrected chi connectivity index (χ1v) is 6.05. The molecule has 3 unspecified atom stereocenters. The smallest absolute Gasteiger partial charge is 0.328 e. The summed E-state index contributed by atoms with van der Waals surface area (Å²) >= 11 is 0. The van der Waals surface area contributed by atoms with Gasteiger partial charge >= 0.3 is 5.97 Å². The van der Waals surface area contributed by atoms with E-state index in [1.807, 2.05) is 6.92 Å². The summed E-state index contributed by atoms with van der Waals surface area (Å²) in [6, 6.07) is -0.620. The third-order valence-corrected chi connectivity index (χ3v) is 3.48. The van der Waals surface area contributed by atoms with Crippen molar-refractivity contribution in [1.29, 1.82) is 0 Å². The first-order valence-electron chi connectivity index (χ1n) is 6.05. The molecule has 18 heavy (non-hydrogen) atoms. The molecule has 5 nitrogen and oxygen atoms in total. The van der Waals surface area contributed by atoms with Gasteiger partial charge in [-0.15, -0.1) is 12.4 Å². The van der Waals surface area contributed by atoms with E-state index in [1.54, 1.807) is 6.92 Å². The molecule has 1 aliphatic rings. The van der Waals surface area contributed by atoms with Gasteiger partial charge in [-0.3, -0.25) is 4.79 Å². The minimum Gasteiger partial charge on any atom is -0.467 e. The highest BCUT2D eigenvalue weighted by Gasteiger charge is 2.38. The van der Waals surface area contributed by atoms with Crippen LogP contribution < -0.4 is 11.1 Å². The van der Waals surface area contributed by atoms with E-state index in [1.165, 1.54) is 7.11 Å². The highest BCUT2D eigenvalue weighted by molar-refractivity contribution is 5.86. The Kier molecular flexibility index (Phi) is 6.63. The van der Waals surface area contributed by atoms with Gasteiger partial charge in [-0.2, -0.15) is 0 Å². The number of carbonyl (C=O) groups excluding carboxylic acids is 2. The Morgan fingerprint density at radius 1 is 1.44 bits per heavy atom. The summed E-state index contributed by atoms with van der Waals surface area (Å²) in [6.45, 7) is 3.51. The second-order valence-electron chi connectivity index (χ2n) is 5.06. The van der Waals surface area contributed by atoms with Gasteiger partial charge in [0.15, 0.2) is 0 Å². The monoisotopic (exact) mass is 278 g/mol. The second kappa shape index (κ2) is 6.95. The lowest BCUT2D eigenvalue weighted by Gasteiger charge is -2.37. The van der Waals surface area contributed by atoms with Crippen LogP contribution >= 0.6 is 12.4 Å². The van der Waals surface area contributed by atoms with Gasteiger partial charge in [0, 0.05) is 5.54 Å². The van der Waals surface area contributed by atoms with Crippen LogP contribution in [0.1, 0.15) is 39.5 Å². The normalized spacial score (nSPS) is 28.8. The maximum Gasteiger partial charge on any atom is 0.328 e. The number of ether oxygens (including phenoxy) is 1. The molecule has 1 rings (SSSR count). The molecule has 0 spiro atoms. The van der Waals surface area contributed by atoms with Crippen molar-refractivity contribution in [2.45, 2.75) is 51.1 Å². The molecule has 3 atom stereocenters. The van der Waals surface area contributed by atoms with Crippen molar-refractivity contribution >= 4 is 24.3 Å². The molecule has 1 fully saturated rings. The van der Waals surface area contributed by atoms with Gasteiger partial charge in [0.25, 0.3) is 0 Å². The van der Waals surface area contributed by atoms with Crippen molar-refractivity contribution in [1.82, 2.24) is 5.32 Å². The molecule has 0 saturated heterocycles. The number of amides is 1. The van der Waals surface area contributed by atoms with Crippen molar-refractivity contribution in [3.8, 4) is 0 Å². The molecule has 0 radical (unpaired) electrons. The van der Waals surface area contributed by atoms with Crippen molar-refractivity contribution in [2.24, 2.45) is 11.7 Å². The van der Waals surface area contributed by atoms with Gasteiger partial charge in [0.05, 0.1) is 13.0 Å². The predicted molar refractivity (Wildman–Crippen MR) is 71.4 cm³/mol. The molecular formula is C12H23ClN2O3. The van der Waals surface area contributed by atoms with Gasteiger partial charge in [-0.05, 0) is 26.7 Å². The van der Waals surface area contributed by atoms with E-state index in [2.05, 4.69) is 10.1 Å². The molecule has 3 N–H and O–H groups in total. The molecule has 0 bridgehead atoms. The predicted octanol–water partition coefficient (Wildman–Crippen LogP) is 0.993. The molecule has 106 valence electrons. The number of esters is 1. The third-order valence-electron chi connectivity index (χ3n) is 3.48. The molecule has 0 aliphatic heterocycles. The van der Waals surface area contributed by atoms with Crippen LogP contribution in [-0.4, -0.2) is 30.6 Å². The molecule has 0 heterocycles. The fourth-order valence-electron chi connectivity index (χ4n) is 2.34. The van der Waals surface area contributed by atoms with Gasteiger partial charge in [0.2, 0.25) is 5.91 Å². The van der Waals surface area contributed by atoms with Gasteiger partial charge in [-0.1, -0.05) is 12.8 Å². The van der Waals surface area contributed by atoms with Crippen LogP contribution in [0, 0.1) is 5.92 Å². The maximum atomic E-state index is 12.0. The topological polar surface area (TPSA) is 81.4 Å². The summed E-state index contributed by atoms with van der Waals surface area (Å²) in [5.74, 6) is -0.802. The number of nitrogens with one attached hydrogen (secondary N) is 1. The average molecular weight is 279 g/mol. The lowest BCUT2D eigenvalue weighted by molar-refractivity contribution is -0.145. The first kappa shape index (κ1) is 17.2. The molecule has 1 saturated carbocycles. The van der Waals surface area contributed by atoms with Crippen LogP contribution in [0.2, 0.25) is 0 Å². The standard InChI is InChI=1S/C12H22N2O3.ClH/c1-8(11(16)17-3)14-10(15)9-6-4-5-7-12(9,2)13;/h8-9H,4-7,13H2,1-3H3,(H,14,15);1H. The van der Waals surface area contributed by atoms with E-state index in [4.69, 9.17) is 5.73 Å². The Hall–Kier alpha value is -0.810. The van der Waals surface area contributed by atoms with E-state index in [-0.39, 0.29) is 24.2 Å². The fraction of sp³-hybridized carbons (Fsp3) is 0.833. The largest absolute Gasteiger partial charge is 0.467 e. The zero-order valence-corrected chi connectivity index (χ0v) is 12.0. The highest BCUT2D eigenvalue weighted by Crippen LogP contribution is 2.31. The summed E-state index contributed by atoms with van der Waals surface area (Å²) in [5.41, 5.74) is 5.66. The molecule has 1 amide bonds. The molecule has 0 aromatic rings. The Balaban J connectivity index is 0.00000289. The molecule has 1 aliphatic carbocycles. The maximum absolute atomic E-state index is 12.0. The van der Waals surface area contributed by atoms with E-state index < -0.39 is 17.6 Å². The Labute approximate surface area is 114 Å². The lowest BCUT2D eigenvalue weighted by atomic mass is 9.74.